The van der Waals surface area contributed by atoms with Crippen molar-refractivity contribution in [3.05, 3.63) is 65.1 Å². The standard InChI is InChI=1S/C19H20N4O3/c1-12-5-10-17(18(22-24)23-14(3)11-13(2)21-23)19(20-12)26-16-8-6-15(25-4)7-9-16/h5-11,24H,1-4H3/b22-18-. The van der Waals surface area contributed by atoms with Gasteiger partial charge in [-0.05, 0) is 63.2 Å². The van der Waals surface area contributed by atoms with Gasteiger partial charge in [0.05, 0.1) is 18.4 Å². The van der Waals surface area contributed by atoms with Crippen LogP contribution >= 0.6 is 0 Å². The molecular weight excluding hydrogens is 332 g/mol. The quantitative estimate of drug-likeness (QED) is 0.335. The van der Waals surface area contributed by atoms with Crippen molar-refractivity contribution in [2.45, 2.75) is 20.8 Å². The number of hydrogen-bond acceptors (Lipinski definition) is 6. The molecule has 0 radical (unpaired) electrons. The van der Waals surface area contributed by atoms with Crippen molar-refractivity contribution in [2.75, 3.05) is 7.11 Å². The molecule has 0 aliphatic rings. The second kappa shape index (κ2) is 7.26. The molecule has 0 saturated carbocycles. The van der Waals surface area contributed by atoms with Gasteiger partial charge in [0.25, 0.3) is 0 Å². The molecule has 134 valence electrons. The average molecular weight is 352 g/mol. The number of nitrogens with zero attached hydrogens (tertiary/aromatic N) is 4. The molecule has 0 bridgehead atoms. The van der Waals surface area contributed by atoms with Gasteiger partial charge in [-0.3, -0.25) is 0 Å². The Morgan fingerprint density at radius 1 is 1.00 bits per heavy atom. The van der Waals surface area contributed by atoms with Crippen LogP contribution in [0.25, 0.3) is 0 Å². The Morgan fingerprint density at radius 2 is 1.69 bits per heavy atom. The first-order valence-corrected chi connectivity index (χ1v) is 8.07. The molecule has 2 heterocycles. The topological polar surface area (TPSA) is 81.8 Å². The minimum atomic E-state index is 0.242. The largest absolute Gasteiger partial charge is 0.497 e. The molecule has 0 amide bonds. The third-order valence-electron chi connectivity index (χ3n) is 3.82. The number of hydrogen-bond donors (Lipinski definition) is 1. The summed E-state index contributed by atoms with van der Waals surface area (Å²) in [5.74, 6) is 1.90. The van der Waals surface area contributed by atoms with Crippen molar-refractivity contribution in [3.8, 4) is 17.4 Å². The maximum absolute atomic E-state index is 9.62. The summed E-state index contributed by atoms with van der Waals surface area (Å²) in [5.41, 5.74) is 2.97. The zero-order valence-corrected chi connectivity index (χ0v) is 15.1. The zero-order chi connectivity index (χ0) is 18.7. The van der Waals surface area contributed by atoms with Crippen molar-refractivity contribution in [3.63, 3.8) is 0 Å². The van der Waals surface area contributed by atoms with Crippen molar-refractivity contribution in [2.24, 2.45) is 5.16 Å². The molecule has 2 aromatic heterocycles. The van der Waals surface area contributed by atoms with E-state index in [9.17, 15) is 5.21 Å². The van der Waals surface area contributed by atoms with Gasteiger partial charge in [0.1, 0.15) is 11.5 Å². The summed E-state index contributed by atoms with van der Waals surface area (Å²) in [6, 6.07) is 12.7. The fourth-order valence-electron chi connectivity index (χ4n) is 2.59. The SMILES string of the molecule is COc1ccc(Oc2nc(C)ccc2/C(=N/O)n2nc(C)cc2C)cc1. The van der Waals surface area contributed by atoms with Crippen LogP contribution in [0, 0.1) is 20.8 Å². The molecule has 26 heavy (non-hydrogen) atoms. The summed E-state index contributed by atoms with van der Waals surface area (Å²) in [5, 5.41) is 17.4. The predicted molar refractivity (Wildman–Crippen MR) is 97.5 cm³/mol. The summed E-state index contributed by atoms with van der Waals surface area (Å²) in [7, 11) is 1.61. The molecule has 3 rings (SSSR count). The summed E-state index contributed by atoms with van der Waals surface area (Å²) >= 11 is 0. The van der Waals surface area contributed by atoms with E-state index in [2.05, 4.69) is 15.2 Å². The number of methoxy groups -OCH3 is 1. The fourth-order valence-corrected chi connectivity index (χ4v) is 2.59. The van der Waals surface area contributed by atoms with Gasteiger partial charge in [-0.15, -0.1) is 0 Å². The monoisotopic (exact) mass is 352 g/mol. The number of aromatic nitrogens is 3. The molecule has 0 saturated heterocycles. The number of aryl methyl sites for hydroxylation is 3. The van der Waals surface area contributed by atoms with Crippen LogP contribution in [-0.4, -0.2) is 32.9 Å². The van der Waals surface area contributed by atoms with Crippen LogP contribution in [0.2, 0.25) is 0 Å². The second-order valence-corrected chi connectivity index (χ2v) is 5.85. The van der Waals surface area contributed by atoms with Gasteiger partial charge in [0, 0.05) is 11.4 Å². The molecule has 0 aliphatic carbocycles. The van der Waals surface area contributed by atoms with Gasteiger partial charge in [-0.2, -0.15) is 5.10 Å². The molecule has 0 spiro atoms. The van der Waals surface area contributed by atoms with E-state index in [4.69, 9.17) is 9.47 Å². The maximum atomic E-state index is 9.62. The lowest BCUT2D eigenvalue weighted by molar-refractivity contribution is 0.316. The first kappa shape index (κ1) is 17.5. The van der Waals surface area contributed by atoms with Gasteiger partial charge in [-0.1, -0.05) is 5.16 Å². The third kappa shape index (κ3) is 3.51. The first-order valence-electron chi connectivity index (χ1n) is 8.07. The van der Waals surface area contributed by atoms with E-state index in [-0.39, 0.29) is 5.84 Å². The van der Waals surface area contributed by atoms with Crippen molar-refractivity contribution < 1.29 is 14.7 Å². The average Bonchev–Trinajstić information content (AvgIpc) is 2.96. The molecule has 0 aliphatic heterocycles. The minimum absolute atomic E-state index is 0.242. The molecule has 7 heteroatoms. The Kier molecular flexibility index (Phi) is 4.88. The highest BCUT2D eigenvalue weighted by Crippen LogP contribution is 2.26. The fraction of sp³-hybridized carbons (Fsp3) is 0.211. The Hall–Kier alpha value is -3.35. The molecule has 1 aromatic carbocycles. The van der Waals surface area contributed by atoms with Gasteiger partial charge in [0.2, 0.25) is 11.7 Å². The highest BCUT2D eigenvalue weighted by Gasteiger charge is 2.18. The molecule has 0 atom stereocenters. The summed E-state index contributed by atoms with van der Waals surface area (Å²) in [6.45, 7) is 5.63. The smallest absolute Gasteiger partial charge is 0.230 e. The van der Waals surface area contributed by atoms with E-state index in [0.717, 1.165) is 22.8 Å². The van der Waals surface area contributed by atoms with Crippen LogP contribution in [0.3, 0.4) is 0 Å². The molecular formula is C19H20N4O3. The van der Waals surface area contributed by atoms with Crippen LogP contribution in [0.15, 0.2) is 47.6 Å². The predicted octanol–water partition coefficient (Wildman–Crippen LogP) is 3.69. The molecule has 3 aromatic rings. The zero-order valence-electron chi connectivity index (χ0n) is 15.1. The number of benzene rings is 1. The lowest BCUT2D eigenvalue weighted by atomic mass is 10.2. The van der Waals surface area contributed by atoms with Crippen molar-refractivity contribution >= 4 is 5.84 Å². The van der Waals surface area contributed by atoms with Crippen LogP contribution in [0.1, 0.15) is 22.6 Å². The second-order valence-electron chi connectivity index (χ2n) is 5.85. The van der Waals surface area contributed by atoms with E-state index in [1.54, 1.807) is 42.1 Å². The highest BCUT2D eigenvalue weighted by atomic mass is 16.5. The van der Waals surface area contributed by atoms with Gasteiger partial charge in [-0.25, -0.2) is 9.67 Å². The van der Waals surface area contributed by atoms with E-state index in [1.165, 1.54) is 0 Å². The summed E-state index contributed by atoms with van der Waals surface area (Å²) in [4.78, 5) is 4.46. The van der Waals surface area contributed by atoms with E-state index in [1.807, 2.05) is 32.9 Å². The van der Waals surface area contributed by atoms with Crippen molar-refractivity contribution in [1.29, 1.82) is 0 Å². The van der Waals surface area contributed by atoms with Gasteiger partial charge in [0.15, 0.2) is 0 Å². The Bertz CT molecular complexity index is 946. The van der Waals surface area contributed by atoms with E-state index < -0.39 is 0 Å². The highest BCUT2D eigenvalue weighted by molar-refractivity contribution is 6.01. The van der Waals surface area contributed by atoms with Gasteiger partial charge < -0.3 is 14.7 Å². The lowest BCUT2D eigenvalue weighted by Crippen LogP contribution is -2.18. The molecule has 7 nitrogen and oxygen atoms in total. The van der Waals surface area contributed by atoms with Crippen LogP contribution in [0.5, 0.6) is 17.4 Å². The van der Waals surface area contributed by atoms with E-state index >= 15 is 0 Å². The number of pyridine rings is 1. The Morgan fingerprint density at radius 3 is 2.27 bits per heavy atom. The third-order valence-corrected chi connectivity index (χ3v) is 3.82. The molecule has 1 N–H and O–H groups in total. The Labute approximate surface area is 151 Å². The van der Waals surface area contributed by atoms with Crippen LogP contribution < -0.4 is 9.47 Å². The normalized spacial score (nSPS) is 11.5. The van der Waals surface area contributed by atoms with Crippen molar-refractivity contribution in [1.82, 2.24) is 14.8 Å². The minimum Gasteiger partial charge on any atom is -0.497 e. The first-order chi connectivity index (χ1) is 12.5. The number of rotatable bonds is 4. The summed E-state index contributed by atoms with van der Waals surface area (Å²) in [6.07, 6.45) is 0. The molecule has 0 fully saturated rings. The van der Waals surface area contributed by atoms with E-state index in [0.29, 0.717) is 17.2 Å². The van der Waals surface area contributed by atoms with Crippen LogP contribution in [-0.2, 0) is 0 Å². The Balaban J connectivity index is 2.03. The maximum Gasteiger partial charge on any atom is 0.230 e. The van der Waals surface area contributed by atoms with Crippen LogP contribution in [0.4, 0.5) is 0 Å². The number of ether oxygens (including phenoxy) is 2. The lowest BCUT2D eigenvalue weighted by Gasteiger charge is -2.13. The summed E-state index contributed by atoms with van der Waals surface area (Å²) < 4.78 is 12.7. The van der Waals surface area contributed by atoms with Gasteiger partial charge >= 0.3 is 0 Å². The number of oxime groups is 1. The molecule has 0 unspecified atom stereocenters.